The number of ether oxygens (including phenoxy) is 1. The number of nitrogens with zero attached hydrogens (tertiary/aromatic N) is 1. The van der Waals surface area contributed by atoms with E-state index in [4.69, 9.17) is 16.3 Å². The Hall–Kier alpha value is -1.10. The number of pyridine rings is 1. The van der Waals surface area contributed by atoms with Crippen LogP contribution in [0.5, 0.6) is 11.5 Å². The van der Waals surface area contributed by atoms with Crippen LogP contribution >= 0.6 is 27.5 Å². The monoisotopic (exact) mass is 341 g/mol. The van der Waals surface area contributed by atoms with E-state index < -0.39 is 6.10 Å². The first-order valence-electron chi connectivity index (χ1n) is 5.87. The second-order valence-electron chi connectivity index (χ2n) is 4.02. The molecule has 3 nitrogen and oxygen atoms in total. The van der Waals surface area contributed by atoms with Gasteiger partial charge in [-0.05, 0) is 36.8 Å². The number of halogens is 2. The normalized spacial score (nSPS) is 12.2. The van der Waals surface area contributed by atoms with Crippen LogP contribution in [0.2, 0.25) is 5.02 Å². The number of rotatable bonds is 4. The van der Waals surface area contributed by atoms with Crippen LogP contribution in [0.25, 0.3) is 0 Å². The van der Waals surface area contributed by atoms with E-state index in [0.29, 0.717) is 28.6 Å². The first-order valence-corrected chi connectivity index (χ1v) is 7.04. The van der Waals surface area contributed by atoms with Gasteiger partial charge in [0, 0.05) is 4.47 Å². The van der Waals surface area contributed by atoms with Crippen LogP contribution in [0.4, 0.5) is 0 Å². The van der Waals surface area contributed by atoms with Crippen molar-refractivity contribution in [2.45, 2.75) is 19.4 Å². The first kappa shape index (κ1) is 14.3. The first-order chi connectivity index (χ1) is 9.10. The molecule has 1 heterocycles. The fourth-order valence-electron chi connectivity index (χ4n) is 1.54. The van der Waals surface area contributed by atoms with Gasteiger partial charge in [-0.15, -0.1) is 0 Å². The number of hydrogen-bond acceptors (Lipinski definition) is 3. The van der Waals surface area contributed by atoms with E-state index >= 15 is 0 Å². The van der Waals surface area contributed by atoms with Gasteiger partial charge in [-0.3, -0.25) is 4.98 Å². The molecule has 0 bridgehead atoms. The lowest BCUT2D eigenvalue weighted by Gasteiger charge is -2.10. The third-order valence-corrected chi connectivity index (χ3v) is 3.40. The van der Waals surface area contributed by atoms with Gasteiger partial charge in [-0.25, -0.2) is 0 Å². The van der Waals surface area contributed by atoms with Crippen molar-refractivity contribution in [1.29, 1.82) is 0 Å². The highest BCUT2D eigenvalue weighted by Gasteiger charge is 2.08. The van der Waals surface area contributed by atoms with Gasteiger partial charge in [0.2, 0.25) is 0 Å². The van der Waals surface area contributed by atoms with E-state index in [1.165, 1.54) is 0 Å². The van der Waals surface area contributed by atoms with E-state index in [2.05, 4.69) is 20.9 Å². The van der Waals surface area contributed by atoms with Gasteiger partial charge in [-0.1, -0.05) is 34.5 Å². The average Bonchev–Trinajstić information content (AvgIpc) is 2.42. The molecule has 19 heavy (non-hydrogen) atoms. The summed E-state index contributed by atoms with van der Waals surface area (Å²) in [6.07, 6.45) is 1.67. The SMILES string of the molecule is CC[C@H](O)c1ccc(Oc2ccc(Br)cc2Cl)cn1. The molecule has 0 unspecified atom stereocenters. The molecule has 0 aliphatic rings. The van der Waals surface area contributed by atoms with E-state index in [1.807, 2.05) is 13.0 Å². The van der Waals surface area contributed by atoms with Gasteiger partial charge in [0.05, 0.1) is 23.0 Å². The summed E-state index contributed by atoms with van der Waals surface area (Å²) in [5.41, 5.74) is 0.636. The predicted molar refractivity (Wildman–Crippen MR) is 78.7 cm³/mol. The van der Waals surface area contributed by atoms with Crippen molar-refractivity contribution < 1.29 is 9.84 Å². The molecule has 5 heteroatoms. The van der Waals surface area contributed by atoms with Crippen LogP contribution in [-0.2, 0) is 0 Å². The minimum absolute atomic E-state index is 0.520. The van der Waals surface area contributed by atoms with E-state index in [9.17, 15) is 5.11 Å². The Morgan fingerprint density at radius 1 is 1.37 bits per heavy atom. The number of benzene rings is 1. The van der Waals surface area contributed by atoms with Gasteiger partial charge in [0.1, 0.15) is 11.5 Å². The largest absolute Gasteiger partial charge is 0.454 e. The Balaban J connectivity index is 2.15. The summed E-state index contributed by atoms with van der Waals surface area (Å²) in [6.45, 7) is 1.90. The van der Waals surface area contributed by atoms with Gasteiger partial charge >= 0.3 is 0 Å². The third kappa shape index (κ3) is 3.69. The highest BCUT2D eigenvalue weighted by atomic mass is 79.9. The standard InChI is InChI=1S/C14H13BrClNO2/c1-2-13(18)12-5-4-10(8-17-12)19-14-6-3-9(15)7-11(14)16/h3-8,13,18H,2H2,1H3/t13-/m0/s1. The molecule has 0 saturated carbocycles. The molecule has 0 saturated heterocycles. The molecule has 2 rings (SSSR count). The minimum atomic E-state index is -0.537. The summed E-state index contributed by atoms with van der Waals surface area (Å²) >= 11 is 9.40. The van der Waals surface area contributed by atoms with Crippen molar-refractivity contribution in [2.24, 2.45) is 0 Å². The topological polar surface area (TPSA) is 42.4 Å². The smallest absolute Gasteiger partial charge is 0.146 e. The van der Waals surface area contributed by atoms with Crippen molar-refractivity contribution in [3.63, 3.8) is 0 Å². The second kappa shape index (κ2) is 6.37. The molecule has 0 aliphatic heterocycles. The van der Waals surface area contributed by atoms with Crippen LogP contribution in [0, 0.1) is 0 Å². The average molecular weight is 343 g/mol. The number of aliphatic hydroxyl groups excluding tert-OH is 1. The fourth-order valence-corrected chi connectivity index (χ4v) is 2.26. The van der Waals surface area contributed by atoms with E-state index in [0.717, 1.165) is 4.47 Å². The summed E-state index contributed by atoms with van der Waals surface area (Å²) in [5, 5.41) is 10.2. The van der Waals surface area contributed by atoms with Crippen molar-refractivity contribution in [2.75, 3.05) is 0 Å². The lowest BCUT2D eigenvalue weighted by Crippen LogP contribution is -1.98. The Morgan fingerprint density at radius 3 is 2.74 bits per heavy atom. The maximum Gasteiger partial charge on any atom is 0.146 e. The summed E-state index contributed by atoms with van der Waals surface area (Å²) in [7, 11) is 0. The molecule has 1 aromatic carbocycles. The summed E-state index contributed by atoms with van der Waals surface area (Å²) in [5.74, 6) is 1.15. The molecule has 1 N–H and O–H groups in total. The molecule has 1 aromatic heterocycles. The molecule has 2 aromatic rings. The maximum atomic E-state index is 9.65. The number of aliphatic hydroxyl groups is 1. The zero-order chi connectivity index (χ0) is 13.8. The second-order valence-corrected chi connectivity index (χ2v) is 5.34. The molecule has 0 radical (unpaired) electrons. The van der Waals surface area contributed by atoms with Crippen molar-refractivity contribution in [3.05, 3.63) is 51.7 Å². The lowest BCUT2D eigenvalue weighted by atomic mass is 10.2. The Labute approximate surface area is 125 Å². The molecule has 0 aliphatic carbocycles. The molecule has 100 valence electrons. The summed E-state index contributed by atoms with van der Waals surface area (Å²) in [4.78, 5) is 4.17. The lowest BCUT2D eigenvalue weighted by molar-refractivity contribution is 0.169. The Morgan fingerprint density at radius 2 is 2.16 bits per heavy atom. The number of aromatic nitrogens is 1. The van der Waals surface area contributed by atoms with Crippen LogP contribution in [-0.4, -0.2) is 10.1 Å². The van der Waals surface area contributed by atoms with Crippen LogP contribution in [0.15, 0.2) is 41.0 Å². The molecule has 0 fully saturated rings. The van der Waals surface area contributed by atoms with Crippen molar-refractivity contribution in [3.8, 4) is 11.5 Å². The summed E-state index contributed by atoms with van der Waals surface area (Å²) < 4.78 is 6.53. The van der Waals surface area contributed by atoms with Crippen LogP contribution in [0.3, 0.4) is 0 Å². The van der Waals surface area contributed by atoms with E-state index in [1.54, 1.807) is 30.5 Å². The quantitative estimate of drug-likeness (QED) is 0.873. The van der Waals surface area contributed by atoms with Gasteiger partial charge in [0.15, 0.2) is 0 Å². The van der Waals surface area contributed by atoms with Gasteiger partial charge in [-0.2, -0.15) is 0 Å². The van der Waals surface area contributed by atoms with Crippen LogP contribution < -0.4 is 4.74 Å². The molecular formula is C14H13BrClNO2. The highest BCUT2D eigenvalue weighted by molar-refractivity contribution is 9.10. The maximum absolute atomic E-state index is 9.65. The van der Waals surface area contributed by atoms with Crippen LogP contribution in [0.1, 0.15) is 25.1 Å². The van der Waals surface area contributed by atoms with Crippen molar-refractivity contribution in [1.82, 2.24) is 4.98 Å². The Bertz CT molecular complexity index is 560. The van der Waals surface area contributed by atoms with E-state index in [-0.39, 0.29) is 0 Å². The fraction of sp³-hybridized carbons (Fsp3) is 0.214. The minimum Gasteiger partial charge on any atom is -0.454 e. The predicted octanol–water partition coefficient (Wildman–Crippen LogP) is 4.73. The molecular weight excluding hydrogens is 330 g/mol. The zero-order valence-electron chi connectivity index (χ0n) is 10.3. The number of hydrogen-bond donors (Lipinski definition) is 1. The van der Waals surface area contributed by atoms with Gasteiger partial charge in [0.25, 0.3) is 0 Å². The van der Waals surface area contributed by atoms with Gasteiger partial charge < -0.3 is 9.84 Å². The Kier molecular flexibility index (Phi) is 4.80. The van der Waals surface area contributed by atoms with Crippen molar-refractivity contribution >= 4 is 27.5 Å². The third-order valence-electron chi connectivity index (χ3n) is 2.61. The molecule has 0 amide bonds. The molecule has 1 atom stereocenters. The summed E-state index contributed by atoms with van der Waals surface area (Å²) in [6, 6.07) is 8.90. The highest BCUT2D eigenvalue weighted by Crippen LogP contribution is 2.31. The molecule has 0 spiro atoms. The zero-order valence-corrected chi connectivity index (χ0v) is 12.6.